The number of aromatic nitrogens is 2. The fraction of sp³-hybridized carbons (Fsp3) is 0.154. The van der Waals surface area contributed by atoms with Gasteiger partial charge in [0, 0.05) is 18.5 Å². The van der Waals surface area contributed by atoms with Gasteiger partial charge in [-0.1, -0.05) is 6.07 Å². The normalized spacial score (nSPS) is 11.4. The second kappa shape index (κ2) is 5.75. The van der Waals surface area contributed by atoms with Gasteiger partial charge in [0.1, 0.15) is 23.6 Å². The molecular weight excluding hydrogens is 258 g/mol. The van der Waals surface area contributed by atoms with E-state index in [0.717, 1.165) is 11.8 Å². The third-order valence-corrected chi connectivity index (χ3v) is 2.74. The minimum Gasteiger partial charge on any atom is -0.362 e. The minimum absolute atomic E-state index is 0.121. The Kier molecular flexibility index (Phi) is 3.86. The van der Waals surface area contributed by atoms with Crippen molar-refractivity contribution in [3.05, 3.63) is 58.0 Å². The van der Waals surface area contributed by atoms with Crippen molar-refractivity contribution in [1.82, 2.24) is 9.97 Å². The Morgan fingerprint density at radius 2 is 2.30 bits per heavy atom. The van der Waals surface area contributed by atoms with Crippen LogP contribution in [-0.4, -0.2) is 14.9 Å². The Bertz CT molecular complexity index is 666. The summed E-state index contributed by atoms with van der Waals surface area (Å²) in [5, 5.41) is 22.7. The lowest BCUT2D eigenvalue weighted by Gasteiger charge is -2.15. The third kappa shape index (κ3) is 2.87. The maximum atomic E-state index is 10.7. The maximum absolute atomic E-state index is 10.7. The molecule has 0 fully saturated rings. The second-order valence-corrected chi connectivity index (χ2v) is 4.11. The molecule has 2 heterocycles. The van der Waals surface area contributed by atoms with E-state index in [1.807, 2.05) is 25.1 Å². The van der Waals surface area contributed by atoms with Gasteiger partial charge < -0.3 is 5.32 Å². The van der Waals surface area contributed by atoms with Gasteiger partial charge in [0.25, 0.3) is 5.69 Å². The van der Waals surface area contributed by atoms with Gasteiger partial charge in [-0.25, -0.2) is 4.98 Å². The quantitative estimate of drug-likeness (QED) is 0.675. The predicted molar refractivity (Wildman–Crippen MR) is 71.9 cm³/mol. The van der Waals surface area contributed by atoms with E-state index in [2.05, 4.69) is 15.3 Å². The number of hydrogen-bond donors (Lipinski definition) is 1. The van der Waals surface area contributed by atoms with Crippen molar-refractivity contribution in [3.8, 4) is 6.07 Å². The van der Waals surface area contributed by atoms with Crippen LogP contribution in [0.1, 0.15) is 24.1 Å². The maximum Gasteiger partial charge on any atom is 0.289 e. The largest absolute Gasteiger partial charge is 0.362 e. The van der Waals surface area contributed by atoms with Crippen LogP contribution < -0.4 is 5.32 Å². The Labute approximate surface area is 115 Å². The number of anilines is 1. The molecule has 0 amide bonds. The molecule has 0 spiro atoms. The predicted octanol–water partition coefficient (Wildman–Crippen LogP) is 2.43. The van der Waals surface area contributed by atoms with E-state index in [-0.39, 0.29) is 17.3 Å². The van der Waals surface area contributed by atoms with Gasteiger partial charge in [-0.05, 0) is 18.6 Å². The van der Waals surface area contributed by atoms with Gasteiger partial charge in [-0.2, -0.15) is 5.26 Å². The van der Waals surface area contributed by atoms with Crippen LogP contribution >= 0.6 is 0 Å². The molecule has 0 aliphatic carbocycles. The molecule has 0 radical (unpaired) electrons. The van der Waals surface area contributed by atoms with Gasteiger partial charge in [-0.3, -0.25) is 15.1 Å². The van der Waals surface area contributed by atoms with Crippen molar-refractivity contribution in [1.29, 1.82) is 5.26 Å². The molecule has 0 saturated heterocycles. The third-order valence-electron chi connectivity index (χ3n) is 2.74. The average molecular weight is 269 g/mol. The Morgan fingerprint density at radius 1 is 1.50 bits per heavy atom. The number of nitro groups is 1. The van der Waals surface area contributed by atoms with Crippen LogP contribution in [0.25, 0.3) is 0 Å². The van der Waals surface area contributed by atoms with Crippen molar-refractivity contribution in [2.45, 2.75) is 13.0 Å². The first-order valence-electron chi connectivity index (χ1n) is 5.83. The average Bonchev–Trinajstić information content (AvgIpc) is 2.48. The lowest BCUT2D eigenvalue weighted by Crippen LogP contribution is -2.09. The topological polar surface area (TPSA) is 105 Å². The van der Waals surface area contributed by atoms with E-state index in [1.165, 1.54) is 6.07 Å². The van der Waals surface area contributed by atoms with Crippen LogP contribution in [0.5, 0.6) is 0 Å². The molecule has 100 valence electrons. The Balaban J connectivity index is 2.26. The van der Waals surface area contributed by atoms with E-state index >= 15 is 0 Å². The molecule has 0 aliphatic rings. The summed E-state index contributed by atoms with van der Waals surface area (Å²) in [4.78, 5) is 18.0. The van der Waals surface area contributed by atoms with Gasteiger partial charge in [0.2, 0.25) is 0 Å². The summed E-state index contributed by atoms with van der Waals surface area (Å²) in [6.07, 6.45) is 4.50. The molecule has 0 bridgehead atoms. The van der Waals surface area contributed by atoms with Crippen molar-refractivity contribution in [3.63, 3.8) is 0 Å². The Morgan fingerprint density at radius 3 is 2.90 bits per heavy atom. The van der Waals surface area contributed by atoms with E-state index in [9.17, 15) is 10.1 Å². The monoisotopic (exact) mass is 269 g/mol. The van der Waals surface area contributed by atoms with Crippen LogP contribution in [0.2, 0.25) is 0 Å². The van der Waals surface area contributed by atoms with E-state index in [4.69, 9.17) is 5.26 Å². The van der Waals surface area contributed by atoms with Crippen LogP contribution in [-0.2, 0) is 0 Å². The van der Waals surface area contributed by atoms with Crippen LogP contribution in [0.4, 0.5) is 11.5 Å². The highest BCUT2D eigenvalue weighted by atomic mass is 16.6. The minimum atomic E-state index is -0.581. The number of nitrogens with one attached hydrogen (secondary N) is 1. The van der Waals surface area contributed by atoms with Gasteiger partial charge in [0.05, 0.1) is 11.0 Å². The molecule has 0 aromatic carbocycles. The molecule has 2 aromatic rings. The molecule has 7 heteroatoms. The highest BCUT2D eigenvalue weighted by Gasteiger charge is 2.14. The fourth-order valence-corrected chi connectivity index (χ4v) is 1.67. The summed E-state index contributed by atoms with van der Waals surface area (Å²) in [7, 11) is 0. The van der Waals surface area contributed by atoms with Crippen LogP contribution in [0.3, 0.4) is 0 Å². The standard InChI is InChI=1S/C13H11N5O2/c1-9(10-3-2-4-15-7-10)17-13-11(6-14)5-12(8-16-13)18(19)20/h2-5,7-9H,1H3,(H,16,17). The summed E-state index contributed by atoms with van der Waals surface area (Å²) in [5.41, 5.74) is 0.854. The van der Waals surface area contributed by atoms with Crippen molar-refractivity contribution in [2.24, 2.45) is 0 Å². The fourth-order valence-electron chi connectivity index (χ4n) is 1.67. The SMILES string of the molecule is CC(Nc1ncc([N+](=O)[O-])cc1C#N)c1cccnc1. The molecular formula is C13H11N5O2. The summed E-state index contributed by atoms with van der Waals surface area (Å²) in [6, 6.07) is 6.68. The molecule has 2 aromatic heterocycles. The summed E-state index contributed by atoms with van der Waals surface area (Å²) >= 11 is 0. The van der Waals surface area contributed by atoms with E-state index in [1.54, 1.807) is 12.4 Å². The van der Waals surface area contributed by atoms with Crippen molar-refractivity contribution < 1.29 is 4.92 Å². The van der Waals surface area contributed by atoms with Crippen molar-refractivity contribution in [2.75, 3.05) is 5.32 Å². The zero-order valence-electron chi connectivity index (χ0n) is 10.6. The first-order valence-corrected chi connectivity index (χ1v) is 5.83. The number of nitriles is 1. The molecule has 0 aliphatic heterocycles. The number of rotatable bonds is 4. The molecule has 1 unspecified atom stereocenters. The number of hydrogen-bond acceptors (Lipinski definition) is 6. The Hall–Kier alpha value is -3.01. The summed E-state index contributed by atoms with van der Waals surface area (Å²) < 4.78 is 0. The zero-order chi connectivity index (χ0) is 14.5. The van der Waals surface area contributed by atoms with Crippen LogP contribution in [0.15, 0.2) is 36.8 Å². The van der Waals surface area contributed by atoms with Gasteiger partial charge in [0.15, 0.2) is 0 Å². The van der Waals surface area contributed by atoms with Gasteiger partial charge >= 0.3 is 0 Å². The van der Waals surface area contributed by atoms with E-state index in [0.29, 0.717) is 5.82 Å². The smallest absolute Gasteiger partial charge is 0.289 e. The number of nitrogens with zero attached hydrogens (tertiary/aromatic N) is 4. The lowest BCUT2D eigenvalue weighted by molar-refractivity contribution is -0.385. The summed E-state index contributed by atoms with van der Waals surface area (Å²) in [5.74, 6) is 0.314. The highest BCUT2D eigenvalue weighted by Crippen LogP contribution is 2.22. The lowest BCUT2D eigenvalue weighted by atomic mass is 10.1. The molecule has 2 rings (SSSR count). The molecule has 0 saturated carbocycles. The van der Waals surface area contributed by atoms with E-state index < -0.39 is 4.92 Å². The number of pyridine rings is 2. The summed E-state index contributed by atoms with van der Waals surface area (Å²) in [6.45, 7) is 1.89. The molecule has 7 nitrogen and oxygen atoms in total. The first kappa shape index (κ1) is 13.4. The van der Waals surface area contributed by atoms with Crippen molar-refractivity contribution >= 4 is 11.5 Å². The molecule has 1 atom stereocenters. The first-order chi connectivity index (χ1) is 9.61. The van der Waals surface area contributed by atoms with Gasteiger partial charge in [-0.15, -0.1) is 0 Å². The second-order valence-electron chi connectivity index (χ2n) is 4.11. The highest BCUT2D eigenvalue weighted by molar-refractivity contribution is 5.56. The molecule has 20 heavy (non-hydrogen) atoms. The van der Waals surface area contributed by atoms with Crippen LogP contribution in [0, 0.1) is 21.4 Å². The zero-order valence-corrected chi connectivity index (χ0v) is 10.6. The molecule has 1 N–H and O–H groups in total.